The van der Waals surface area contributed by atoms with Crippen LogP contribution in [0, 0.1) is 0 Å². The van der Waals surface area contributed by atoms with Crippen molar-refractivity contribution in [3.63, 3.8) is 0 Å². The summed E-state index contributed by atoms with van der Waals surface area (Å²) in [6.07, 6.45) is 3.35. The van der Waals surface area contributed by atoms with Crippen molar-refractivity contribution in [1.82, 2.24) is 4.90 Å². The lowest BCUT2D eigenvalue weighted by atomic mass is 9.82. The Morgan fingerprint density at radius 1 is 0.909 bits per heavy atom. The zero-order valence-corrected chi connectivity index (χ0v) is 15.2. The Labute approximate surface area is 134 Å². The van der Waals surface area contributed by atoms with Crippen LogP contribution in [0.25, 0.3) is 0 Å². The maximum absolute atomic E-state index is 11.9. The summed E-state index contributed by atoms with van der Waals surface area (Å²) in [6.45, 7) is 14.6. The predicted octanol–water partition coefficient (Wildman–Crippen LogP) is 2.53. The highest BCUT2D eigenvalue weighted by atomic mass is 16.2. The molecule has 0 amide bonds. The van der Waals surface area contributed by atoms with Gasteiger partial charge in [-0.05, 0) is 44.3 Å². The van der Waals surface area contributed by atoms with E-state index in [0.717, 1.165) is 39.0 Å². The minimum atomic E-state index is -0.311. The molecule has 0 saturated carbocycles. The summed E-state index contributed by atoms with van der Waals surface area (Å²) >= 11 is 0. The van der Waals surface area contributed by atoms with Crippen molar-refractivity contribution in [1.29, 1.82) is 0 Å². The molecule has 0 radical (unpaired) electrons. The molecule has 0 spiro atoms. The van der Waals surface area contributed by atoms with Gasteiger partial charge in [-0.15, -0.1) is 0 Å². The minimum absolute atomic E-state index is 0.255. The molecule has 0 fully saturated rings. The smallest absolute Gasteiger partial charge is 0.249 e. The normalized spacial score (nSPS) is 12.3. The van der Waals surface area contributed by atoms with Crippen LogP contribution in [0.2, 0.25) is 0 Å². The Morgan fingerprint density at radius 3 is 2.00 bits per heavy atom. The van der Waals surface area contributed by atoms with E-state index in [1.54, 1.807) is 0 Å². The molecule has 0 saturated heterocycles. The molecule has 0 heterocycles. The van der Waals surface area contributed by atoms with Gasteiger partial charge in [0.2, 0.25) is 10.9 Å². The second-order valence-corrected chi connectivity index (χ2v) is 7.19. The molecule has 4 heteroatoms. The molecule has 4 nitrogen and oxygen atoms in total. The van der Waals surface area contributed by atoms with E-state index in [1.807, 2.05) is 32.7 Å². The first-order valence-electron chi connectivity index (χ1n) is 8.51. The average Bonchev–Trinajstić information content (AvgIpc) is 2.45. The van der Waals surface area contributed by atoms with E-state index in [1.165, 1.54) is 6.42 Å². The minimum Gasteiger partial charge on any atom is -0.371 e. The number of hydrogen-bond donors (Lipinski definition) is 0. The maximum Gasteiger partial charge on any atom is 0.249 e. The Bertz CT molecular complexity index is 536. The summed E-state index contributed by atoms with van der Waals surface area (Å²) in [5.74, 6) is 0. The first kappa shape index (κ1) is 18.9. The molecule has 22 heavy (non-hydrogen) atoms. The lowest BCUT2D eigenvalue weighted by Gasteiger charge is -2.29. The van der Waals surface area contributed by atoms with Crippen LogP contribution < -0.4 is 15.8 Å². The zero-order chi connectivity index (χ0) is 16.9. The van der Waals surface area contributed by atoms with Crippen LogP contribution >= 0.6 is 0 Å². The second kappa shape index (κ2) is 7.91. The molecule has 0 bridgehead atoms. The highest BCUT2D eigenvalue weighted by molar-refractivity contribution is 5.60. The van der Waals surface area contributed by atoms with Crippen molar-refractivity contribution in [2.45, 2.75) is 59.3 Å². The quantitative estimate of drug-likeness (QED) is 0.519. The van der Waals surface area contributed by atoms with Gasteiger partial charge in [0, 0.05) is 19.2 Å². The summed E-state index contributed by atoms with van der Waals surface area (Å²) in [4.78, 5) is 28.1. The molecule has 0 unspecified atom stereocenters. The molecule has 126 valence electrons. The number of unbranched alkanes of at least 4 members (excludes halogenated alkanes) is 1. The van der Waals surface area contributed by atoms with Gasteiger partial charge in [0.15, 0.2) is 0 Å². The molecule has 1 aromatic rings. The van der Waals surface area contributed by atoms with Crippen LogP contribution in [-0.2, 0) is 5.41 Å². The zero-order valence-electron chi connectivity index (χ0n) is 15.2. The number of anilines is 1. The third kappa shape index (κ3) is 4.42. The van der Waals surface area contributed by atoms with Crippen LogP contribution in [-0.4, -0.2) is 38.1 Å². The second-order valence-electron chi connectivity index (χ2n) is 7.19. The SMILES string of the molecule is CCCN(CC)CCCCN(C)c1c(C(C)(C)C)c(=O)c1=O. The van der Waals surface area contributed by atoms with E-state index in [9.17, 15) is 9.59 Å². The average molecular weight is 308 g/mol. The Balaban J connectivity index is 2.54. The largest absolute Gasteiger partial charge is 0.371 e. The first-order chi connectivity index (χ1) is 10.2. The monoisotopic (exact) mass is 308 g/mol. The van der Waals surface area contributed by atoms with Crippen LogP contribution in [0.5, 0.6) is 0 Å². The van der Waals surface area contributed by atoms with Crippen LogP contribution in [0.4, 0.5) is 5.69 Å². The number of hydrogen-bond acceptors (Lipinski definition) is 4. The predicted molar refractivity (Wildman–Crippen MR) is 95.0 cm³/mol. The van der Waals surface area contributed by atoms with Crippen molar-refractivity contribution >= 4 is 5.69 Å². The Hall–Kier alpha value is -1.16. The molecule has 0 aliphatic heterocycles. The van der Waals surface area contributed by atoms with Crippen LogP contribution in [0.3, 0.4) is 0 Å². The molecule has 0 atom stereocenters. The lowest BCUT2D eigenvalue weighted by Crippen LogP contribution is -2.46. The number of rotatable bonds is 9. The Morgan fingerprint density at radius 2 is 1.50 bits per heavy atom. The van der Waals surface area contributed by atoms with Gasteiger partial charge in [-0.3, -0.25) is 9.59 Å². The van der Waals surface area contributed by atoms with E-state index < -0.39 is 0 Å². The first-order valence-corrected chi connectivity index (χ1v) is 8.51. The van der Waals surface area contributed by atoms with Gasteiger partial charge in [0.1, 0.15) is 0 Å². The van der Waals surface area contributed by atoms with Gasteiger partial charge in [0.05, 0.1) is 5.69 Å². The standard InChI is InChI=1S/C18H32N2O2/c1-7-11-20(8-2)13-10-9-12-19(6)15-14(18(3,4)5)16(21)17(15)22/h7-13H2,1-6H3. The topological polar surface area (TPSA) is 40.6 Å². The molecule has 1 aromatic carbocycles. The van der Waals surface area contributed by atoms with Gasteiger partial charge in [-0.1, -0.05) is 34.6 Å². The molecule has 0 N–H and O–H groups in total. The van der Waals surface area contributed by atoms with Gasteiger partial charge >= 0.3 is 0 Å². The summed E-state index contributed by atoms with van der Waals surface area (Å²) in [5.41, 5.74) is 0.469. The summed E-state index contributed by atoms with van der Waals surface area (Å²) in [7, 11) is 1.93. The molecular formula is C18H32N2O2. The molecular weight excluding hydrogens is 276 g/mol. The molecule has 0 aromatic heterocycles. The van der Waals surface area contributed by atoms with Crippen molar-refractivity contribution in [3.05, 3.63) is 26.0 Å². The van der Waals surface area contributed by atoms with E-state index in [0.29, 0.717) is 11.3 Å². The molecule has 0 aliphatic carbocycles. The fraction of sp³-hybridized carbons (Fsp3) is 0.778. The van der Waals surface area contributed by atoms with Crippen LogP contribution in [0.1, 0.15) is 59.4 Å². The highest BCUT2D eigenvalue weighted by Gasteiger charge is 2.31. The van der Waals surface area contributed by atoms with Crippen molar-refractivity contribution in [2.24, 2.45) is 0 Å². The van der Waals surface area contributed by atoms with E-state index in [-0.39, 0.29) is 16.3 Å². The maximum atomic E-state index is 11.9. The van der Waals surface area contributed by atoms with Gasteiger partial charge in [-0.25, -0.2) is 0 Å². The lowest BCUT2D eigenvalue weighted by molar-refractivity contribution is 0.283. The van der Waals surface area contributed by atoms with Crippen molar-refractivity contribution in [3.8, 4) is 0 Å². The van der Waals surface area contributed by atoms with Gasteiger partial charge in [-0.2, -0.15) is 0 Å². The molecule has 1 rings (SSSR count). The highest BCUT2D eigenvalue weighted by Crippen LogP contribution is 2.27. The van der Waals surface area contributed by atoms with Crippen molar-refractivity contribution in [2.75, 3.05) is 38.1 Å². The van der Waals surface area contributed by atoms with Gasteiger partial charge < -0.3 is 9.80 Å². The fourth-order valence-electron chi connectivity index (χ4n) is 2.98. The number of nitrogens with zero attached hydrogens (tertiary/aromatic N) is 2. The van der Waals surface area contributed by atoms with E-state index in [2.05, 4.69) is 18.7 Å². The van der Waals surface area contributed by atoms with Gasteiger partial charge in [0.25, 0.3) is 0 Å². The molecule has 0 aliphatic rings. The van der Waals surface area contributed by atoms with Crippen molar-refractivity contribution < 1.29 is 0 Å². The third-order valence-corrected chi connectivity index (χ3v) is 4.22. The fourth-order valence-corrected chi connectivity index (χ4v) is 2.98. The summed E-state index contributed by atoms with van der Waals surface area (Å²) < 4.78 is 0. The third-order valence-electron chi connectivity index (χ3n) is 4.22. The van der Waals surface area contributed by atoms with Crippen LogP contribution in [0.15, 0.2) is 9.59 Å². The Kier molecular flexibility index (Phi) is 6.79. The van der Waals surface area contributed by atoms with E-state index in [4.69, 9.17) is 0 Å². The van der Waals surface area contributed by atoms with E-state index >= 15 is 0 Å². The summed E-state index contributed by atoms with van der Waals surface area (Å²) in [5, 5.41) is 0. The summed E-state index contributed by atoms with van der Waals surface area (Å²) in [6, 6.07) is 0.